The molecule has 0 rings (SSSR count). The molecule has 0 aromatic rings. The van der Waals surface area contributed by atoms with Gasteiger partial charge in [-0.1, -0.05) is 20.8 Å². The van der Waals surface area contributed by atoms with Crippen molar-refractivity contribution < 1.29 is 14.0 Å². The molecule has 120 valence electrons. The lowest BCUT2D eigenvalue weighted by molar-refractivity contribution is -0.153. The van der Waals surface area contributed by atoms with E-state index in [1.807, 2.05) is 27.7 Å². The number of carbonyl (C=O) groups excluding carboxylic acids is 1. The van der Waals surface area contributed by atoms with Crippen molar-refractivity contribution in [2.45, 2.75) is 78.2 Å². The van der Waals surface area contributed by atoms with Crippen molar-refractivity contribution in [3.63, 3.8) is 0 Å². The molecule has 0 saturated heterocycles. The minimum atomic E-state index is -1.72. The molecule has 0 amide bonds. The highest BCUT2D eigenvalue weighted by Gasteiger charge is 2.37. The van der Waals surface area contributed by atoms with Crippen LogP contribution in [-0.2, 0) is 14.0 Å². The van der Waals surface area contributed by atoms with Crippen molar-refractivity contribution in [3.05, 3.63) is 0 Å². The molecule has 4 nitrogen and oxygen atoms in total. The van der Waals surface area contributed by atoms with Crippen molar-refractivity contribution in [1.29, 1.82) is 0 Å². The van der Waals surface area contributed by atoms with E-state index >= 15 is 0 Å². The van der Waals surface area contributed by atoms with Crippen LogP contribution in [-0.4, -0.2) is 39.1 Å². The zero-order valence-electron chi connectivity index (χ0n) is 14.7. The maximum Gasteiger partial charge on any atom is 0.320 e. The van der Waals surface area contributed by atoms with Crippen LogP contribution < -0.4 is 5.32 Å². The standard InChI is InChI=1S/C15H33NO3Si/c1-12(11-18-20(8,9)15(5,6)7)16-10-13(17)19-14(2,3)4/h12,16H,10-11H2,1-9H3. The highest BCUT2D eigenvalue weighted by Crippen LogP contribution is 2.36. The monoisotopic (exact) mass is 303 g/mol. The maximum atomic E-state index is 11.6. The molecule has 0 spiro atoms. The van der Waals surface area contributed by atoms with Crippen LogP contribution >= 0.6 is 0 Å². The van der Waals surface area contributed by atoms with Crippen LogP contribution in [0.25, 0.3) is 0 Å². The van der Waals surface area contributed by atoms with E-state index in [4.69, 9.17) is 9.16 Å². The average molecular weight is 304 g/mol. The molecule has 0 fully saturated rings. The van der Waals surface area contributed by atoms with E-state index in [1.165, 1.54) is 0 Å². The van der Waals surface area contributed by atoms with Crippen LogP contribution in [0.4, 0.5) is 0 Å². The molecule has 0 aliphatic carbocycles. The van der Waals surface area contributed by atoms with Gasteiger partial charge in [0.2, 0.25) is 0 Å². The van der Waals surface area contributed by atoms with Crippen LogP contribution in [0.1, 0.15) is 48.5 Å². The Morgan fingerprint density at radius 3 is 2.05 bits per heavy atom. The molecule has 1 unspecified atom stereocenters. The van der Waals surface area contributed by atoms with Crippen LogP contribution in [0.15, 0.2) is 0 Å². The summed E-state index contributed by atoms with van der Waals surface area (Å²) in [4.78, 5) is 11.6. The van der Waals surface area contributed by atoms with Crippen LogP contribution in [0.3, 0.4) is 0 Å². The fourth-order valence-electron chi connectivity index (χ4n) is 1.24. The number of hydrogen-bond acceptors (Lipinski definition) is 4. The van der Waals surface area contributed by atoms with Gasteiger partial charge in [0.1, 0.15) is 5.60 Å². The molecule has 0 heterocycles. The predicted molar refractivity (Wildman–Crippen MR) is 86.5 cm³/mol. The Kier molecular flexibility index (Phi) is 6.91. The van der Waals surface area contributed by atoms with Crippen molar-refractivity contribution in [2.75, 3.05) is 13.2 Å². The summed E-state index contributed by atoms with van der Waals surface area (Å²) in [6.07, 6.45) is 0. The summed E-state index contributed by atoms with van der Waals surface area (Å²) in [6, 6.07) is 0.136. The zero-order chi connectivity index (χ0) is 16.2. The van der Waals surface area contributed by atoms with Gasteiger partial charge in [-0.2, -0.15) is 0 Å². The number of esters is 1. The first kappa shape index (κ1) is 19.6. The molecule has 0 aromatic carbocycles. The summed E-state index contributed by atoms with van der Waals surface area (Å²) in [7, 11) is -1.72. The predicted octanol–water partition coefficient (Wildman–Crippen LogP) is 3.33. The molecule has 1 N–H and O–H groups in total. The third-order valence-corrected chi connectivity index (χ3v) is 8.02. The molecule has 5 heteroatoms. The van der Waals surface area contributed by atoms with E-state index in [0.717, 1.165) is 0 Å². The summed E-state index contributed by atoms with van der Waals surface area (Å²) >= 11 is 0. The summed E-state index contributed by atoms with van der Waals surface area (Å²) in [5, 5.41) is 3.36. The molecular formula is C15H33NO3Si. The summed E-state index contributed by atoms with van der Waals surface area (Å²) in [5.41, 5.74) is -0.431. The second-order valence-corrected chi connectivity index (χ2v) is 12.7. The SMILES string of the molecule is CC(CO[Si](C)(C)C(C)(C)C)NCC(=O)OC(C)(C)C. The number of carbonyl (C=O) groups is 1. The van der Waals surface area contributed by atoms with E-state index in [-0.39, 0.29) is 23.6 Å². The topological polar surface area (TPSA) is 47.6 Å². The molecule has 0 aliphatic heterocycles. The van der Waals surface area contributed by atoms with Crippen molar-refractivity contribution in [2.24, 2.45) is 0 Å². The van der Waals surface area contributed by atoms with Gasteiger partial charge < -0.3 is 14.5 Å². The van der Waals surface area contributed by atoms with E-state index in [0.29, 0.717) is 6.61 Å². The van der Waals surface area contributed by atoms with E-state index in [2.05, 4.69) is 39.2 Å². The minimum absolute atomic E-state index is 0.136. The highest BCUT2D eigenvalue weighted by atomic mass is 28.4. The molecular weight excluding hydrogens is 270 g/mol. The lowest BCUT2D eigenvalue weighted by atomic mass is 10.2. The lowest BCUT2D eigenvalue weighted by Crippen LogP contribution is -2.45. The molecule has 0 radical (unpaired) electrons. The van der Waals surface area contributed by atoms with Crippen LogP contribution in [0.2, 0.25) is 18.1 Å². The molecule has 20 heavy (non-hydrogen) atoms. The Labute approximate surface area is 125 Å². The summed E-state index contributed by atoms with van der Waals surface area (Å²) < 4.78 is 11.4. The maximum absolute atomic E-state index is 11.6. The zero-order valence-corrected chi connectivity index (χ0v) is 15.7. The first-order chi connectivity index (χ1) is 8.74. The van der Waals surface area contributed by atoms with E-state index < -0.39 is 13.9 Å². The van der Waals surface area contributed by atoms with Crippen molar-refractivity contribution in [1.82, 2.24) is 5.32 Å². The van der Waals surface area contributed by atoms with Gasteiger partial charge in [-0.25, -0.2) is 0 Å². The minimum Gasteiger partial charge on any atom is -0.459 e. The van der Waals surface area contributed by atoms with E-state index in [9.17, 15) is 4.79 Å². The quantitative estimate of drug-likeness (QED) is 0.604. The number of hydrogen-bond donors (Lipinski definition) is 1. The van der Waals surface area contributed by atoms with Crippen molar-refractivity contribution in [3.8, 4) is 0 Å². The van der Waals surface area contributed by atoms with Gasteiger partial charge in [0.25, 0.3) is 0 Å². The van der Waals surface area contributed by atoms with Gasteiger partial charge in [0.05, 0.1) is 6.54 Å². The van der Waals surface area contributed by atoms with Gasteiger partial charge in [-0.3, -0.25) is 4.79 Å². The largest absolute Gasteiger partial charge is 0.459 e. The van der Waals surface area contributed by atoms with Crippen LogP contribution in [0, 0.1) is 0 Å². The second kappa shape index (κ2) is 7.05. The summed E-state index contributed by atoms with van der Waals surface area (Å²) in [5.74, 6) is -0.225. The molecule has 0 saturated carbocycles. The fourth-order valence-corrected chi connectivity index (χ4v) is 2.34. The number of rotatable bonds is 6. The lowest BCUT2D eigenvalue weighted by Gasteiger charge is -2.37. The molecule has 0 aliphatic rings. The first-order valence-corrected chi connectivity index (χ1v) is 10.2. The second-order valence-electron chi connectivity index (χ2n) is 7.94. The normalized spacial score (nSPS) is 15.1. The fraction of sp³-hybridized carbons (Fsp3) is 0.933. The van der Waals surface area contributed by atoms with Crippen LogP contribution in [0.5, 0.6) is 0 Å². The number of ether oxygens (including phenoxy) is 1. The van der Waals surface area contributed by atoms with Gasteiger partial charge in [-0.15, -0.1) is 0 Å². The van der Waals surface area contributed by atoms with Gasteiger partial charge in [-0.05, 0) is 45.8 Å². The number of nitrogens with one attached hydrogen (secondary N) is 1. The Morgan fingerprint density at radius 2 is 1.65 bits per heavy atom. The Hall–Kier alpha value is -0.393. The highest BCUT2D eigenvalue weighted by molar-refractivity contribution is 6.74. The Morgan fingerprint density at radius 1 is 1.15 bits per heavy atom. The first-order valence-electron chi connectivity index (χ1n) is 7.34. The molecule has 0 aromatic heterocycles. The third-order valence-electron chi connectivity index (χ3n) is 3.52. The Balaban J connectivity index is 4.08. The molecule has 0 bridgehead atoms. The van der Waals surface area contributed by atoms with Gasteiger partial charge in [0.15, 0.2) is 8.32 Å². The molecule has 1 atom stereocenters. The Bertz CT molecular complexity index is 316. The average Bonchev–Trinajstić information content (AvgIpc) is 2.19. The van der Waals surface area contributed by atoms with Gasteiger partial charge >= 0.3 is 5.97 Å². The van der Waals surface area contributed by atoms with Crippen molar-refractivity contribution >= 4 is 14.3 Å². The van der Waals surface area contributed by atoms with E-state index in [1.54, 1.807) is 0 Å². The summed E-state index contributed by atoms with van der Waals surface area (Å²) in [6.45, 7) is 19.6. The third kappa shape index (κ3) is 8.02. The van der Waals surface area contributed by atoms with Gasteiger partial charge in [0, 0.05) is 12.6 Å². The smallest absolute Gasteiger partial charge is 0.320 e.